The van der Waals surface area contributed by atoms with Crippen molar-refractivity contribution in [3.63, 3.8) is 0 Å². The smallest absolute Gasteiger partial charge is 0.127 e. The summed E-state index contributed by atoms with van der Waals surface area (Å²) in [5.74, 6) is 4.20. The third-order valence-electron chi connectivity index (χ3n) is 9.01. The highest BCUT2D eigenvalue weighted by molar-refractivity contribution is 5.61. The van der Waals surface area contributed by atoms with Crippen LogP contribution in [-0.4, -0.2) is 10.7 Å². The Morgan fingerprint density at radius 3 is 2.57 bits per heavy atom. The van der Waals surface area contributed by atoms with Crippen molar-refractivity contribution in [3.8, 4) is 11.5 Å². The van der Waals surface area contributed by atoms with Crippen LogP contribution in [0.2, 0.25) is 0 Å². The van der Waals surface area contributed by atoms with E-state index in [2.05, 4.69) is 53.7 Å². The molecule has 0 spiro atoms. The Labute approximate surface area is 170 Å². The molecule has 1 saturated carbocycles. The molecular weight excluding hydrogens is 344 g/mol. The quantitative estimate of drug-likeness (QED) is 0.501. The van der Waals surface area contributed by atoms with Gasteiger partial charge in [-0.3, -0.25) is 0 Å². The molecule has 5 atom stereocenters. The van der Waals surface area contributed by atoms with Gasteiger partial charge in [-0.25, -0.2) is 0 Å². The number of phenols is 1. The summed E-state index contributed by atoms with van der Waals surface area (Å²) in [6.07, 6.45) is 8.29. The first-order valence-electron chi connectivity index (χ1n) is 11.4. The van der Waals surface area contributed by atoms with Gasteiger partial charge < -0.3 is 9.84 Å². The van der Waals surface area contributed by atoms with E-state index < -0.39 is 0 Å². The van der Waals surface area contributed by atoms with Gasteiger partial charge in [-0.15, -0.1) is 0 Å². The highest BCUT2D eigenvalue weighted by atomic mass is 16.5. The van der Waals surface area contributed by atoms with Crippen molar-refractivity contribution < 1.29 is 9.84 Å². The molecule has 0 radical (unpaired) electrons. The van der Waals surface area contributed by atoms with E-state index in [9.17, 15) is 5.11 Å². The largest absolute Gasteiger partial charge is 0.507 e. The van der Waals surface area contributed by atoms with Crippen molar-refractivity contribution in [2.75, 3.05) is 0 Å². The highest BCUT2D eigenvalue weighted by Gasteiger charge is 2.51. The maximum atomic E-state index is 11.7. The van der Waals surface area contributed by atoms with E-state index in [-0.39, 0.29) is 11.0 Å². The molecule has 0 amide bonds. The maximum absolute atomic E-state index is 11.7. The molecule has 1 N–H and O–H groups in total. The summed E-state index contributed by atoms with van der Waals surface area (Å²) < 4.78 is 6.62. The average Bonchev–Trinajstić information content (AvgIpc) is 2.60. The molecular formula is C26H36O2. The van der Waals surface area contributed by atoms with E-state index in [4.69, 9.17) is 4.74 Å². The van der Waals surface area contributed by atoms with E-state index in [0.29, 0.717) is 35.3 Å². The van der Waals surface area contributed by atoms with Gasteiger partial charge in [0.25, 0.3) is 0 Å². The van der Waals surface area contributed by atoms with E-state index in [0.717, 1.165) is 24.2 Å². The standard InChI is InChI=1S/C26H36O2/c1-14-7-10-19-18(11-14)23-21(28-26(19,5)6)13-20-22(24(23)27)17-12-16(25(20,3)4)9-8-15(17)2/h7,13,15-19,27H,8-12H2,1-6H3/t15?,16-,17-,18+,19+/m0/s1. The fraction of sp³-hybridized carbons (Fsp3) is 0.692. The van der Waals surface area contributed by atoms with Gasteiger partial charge in [0.05, 0.1) is 0 Å². The number of allylic oxidation sites excluding steroid dienone is 2. The van der Waals surface area contributed by atoms with Crippen LogP contribution < -0.4 is 4.74 Å². The van der Waals surface area contributed by atoms with Crippen molar-refractivity contribution in [1.29, 1.82) is 0 Å². The minimum absolute atomic E-state index is 0.102. The lowest BCUT2D eigenvalue weighted by molar-refractivity contribution is 0.00683. The van der Waals surface area contributed by atoms with Crippen LogP contribution in [0.5, 0.6) is 11.5 Å². The third-order valence-corrected chi connectivity index (χ3v) is 9.01. The molecule has 1 heterocycles. The molecule has 1 fully saturated rings. The molecule has 28 heavy (non-hydrogen) atoms. The molecule has 3 aliphatic carbocycles. The van der Waals surface area contributed by atoms with Crippen LogP contribution in [0.1, 0.15) is 102 Å². The molecule has 1 aliphatic heterocycles. The van der Waals surface area contributed by atoms with E-state index in [1.165, 1.54) is 36.0 Å². The monoisotopic (exact) mass is 380 g/mol. The molecule has 2 heteroatoms. The Morgan fingerprint density at radius 2 is 1.82 bits per heavy atom. The average molecular weight is 381 g/mol. The fourth-order valence-electron chi connectivity index (χ4n) is 7.12. The lowest BCUT2D eigenvalue weighted by Crippen LogP contribution is -2.46. The second-order valence-corrected chi connectivity index (χ2v) is 11.3. The molecule has 0 saturated heterocycles. The summed E-state index contributed by atoms with van der Waals surface area (Å²) in [6.45, 7) is 13.9. The van der Waals surface area contributed by atoms with Crippen LogP contribution in [0, 0.1) is 17.8 Å². The summed E-state index contributed by atoms with van der Waals surface area (Å²) in [6, 6.07) is 2.34. The zero-order chi connectivity index (χ0) is 20.0. The molecule has 5 rings (SSSR count). The number of hydrogen-bond donors (Lipinski definition) is 1. The van der Waals surface area contributed by atoms with Gasteiger partial charge in [-0.2, -0.15) is 0 Å². The van der Waals surface area contributed by atoms with Gasteiger partial charge in [0.2, 0.25) is 0 Å². The maximum Gasteiger partial charge on any atom is 0.127 e. The second kappa shape index (κ2) is 5.80. The molecule has 4 aliphatic rings. The van der Waals surface area contributed by atoms with Crippen LogP contribution in [0.15, 0.2) is 17.7 Å². The first-order chi connectivity index (χ1) is 13.1. The van der Waals surface area contributed by atoms with Gasteiger partial charge in [-0.05, 0) is 87.7 Å². The topological polar surface area (TPSA) is 29.5 Å². The normalized spacial score (nSPS) is 37.1. The molecule has 1 unspecified atom stereocenters. The van der Waals surface area contributed by atoms with E-state index in [1.807, 2.05) is 0 Å². The van der Waals surface area contributed by atoms with Crippen molar-refractivity contribution in [2.45, 2.75) is 96.5 Å². The first-order valence-corrected chi connectivity index (χ1v) is 11.4. The van der Waals surface area contributed by atoms with Crippen LogP contribution >= 0.6 is 0 Å². The van der Waals surface area contributed by atoms with Crippen molar-refractivity contribution in [1.82, 2.24) is 0 Å². The number of aromatic hydroxyl groups is 1. The molecule has 152 valence electrons. The number of phenolic OH excluding ortho intramolecular Hbond substituents is 1. The fourth-order valence-corrected chi connectivity index (χ4v) is 7.12. The van der Waals surface area contributed by atoms with Crippen LogP contribution in [0.4, 0.5) is 0 Å². The SMILES string of the molecule is CC1=CC[C@@H]2[C@@H](C1)c1c(cc3c(c1O)[C@H]1C[C@H](CCC1C)C3(C)C)OC2(C)C. The summed E-state index contributed by atoms with van der Waals surface area (Å²) in [5, 5.41) is 11.7. The Hall–Kier alpha value is -1.44. The van der Waals surface area contributed by atoms with Gasteiger partial charge in [0.1, 0.15) is 17.1 Å². The zero-order valence-corrected chi connectivity index (χ0v) is 18.4. The summed E-state index contributed by atoms with van der Waals surface area (Å²) in [5.41, 5.74) is 5.09. The van der Waals surface area contributed by atoms with Crippen molar-refractivity contribution in [3.05, 3.63) is 34.4 Å². The summed E-state index contributed by atoms with van der Waals surface area (Å²) in [7, 11) is 0. The van der Waals surface area contributed by atoms with Gasteiger partial charge in [0, 0.05) is 23.0 Å². The summed E-state index contributed by atoms with van der Waals surface area (Å²) >= 11 is 0. The zero-order valence-electron chi connectivity index (χ0n) is 18.4. The Balaban J connectivity index is 1.75. The first kappa shape index (κ1) is 18.6. The van der Waals surface area contributed by atoms with E-state index in [1.54, 1.807) is 0 Å². The lowest BCUT2D eigenvalue weighted by atomic mass is 9.54. The van der Waals surface area contributed by atoms with Gasteiger partial charge in [0.15, 0.2) is 0 Å². The Kier molecular flexibility index (Phi) is 3.85. The minimum Gasteiger partial charge on any atom is -0.507 e. The Bertz CT molecular complexity index is 860. The molecule has 0 aromatic heterocycles. The molecule has 1 aromatic carbocycles. The van der Waals surface area contributed by atoms with Crippen LogP contribution in [0.3, 0.4) is 0 Å². The Morgan fingerprint density at radius 1 is 1.07 bits per heavy atom. The van der Waals surface area contributed by atoms with Crippen LogP contribution in [0.25, 0.3) is 0 Å². The minimum atomic E-state index is -0.197. The van der Waals surface area contributed by atoms with Crippen LogP contribution in [-0.2, 0) is 5.41 Å². The molecule has 1 aromatic rings. The number of benzene rings is 1. The van der Waals surface area contributed by atoms with Crippen molar-refractivity contribution in [2.24, 2.45) is 17.8 Å². The number of hydrogen-bond acceptors (Lipinski definition) is 2. The lowest BCUT2D eigenvalue weighted by Gasteiger charge is -2.52. The highest BCUT2D eigenvalue weighted by Crippen LogP contribution is 2.62. The molecule has 2 bridgehead atoms. The predicted octanol–water partition coefficient (Wildman–Crippen LogP) is 6.81. The summed E-state index contributed by atoms with van der Waals surface area (Å²) in [4.78, 5) is 0. The number of fused-ring (bicyclic) bond motifs is 7. The number of ether oxygens (including phenoxy) is 1. The van der Waals surface area contributed by atoms with Gasteiger partial charge in [-0.1, -0.05) is 32.4 Å². The third kappa shape index (κ3) is 2.39. The van der Waals surface area contributed by atoms with E-state index >= 15 is 0 Å². The second-order valence-electron chi connectivity index (χ2n) is 11.3. The molecule has 2 nitrogen and oxygen atoms in total. The predicted molar refractivity (Wildman–Crippen MR) is 114 cm³/mol. The van der Waals surface area contributed by atoms with Crippen molar-refractivity contribution >= 4 is 0 Å². The number of rotatable bonds is 0. The van der Waals surface area contributed by atoms with Gasteiger partial charge >= 0.3 is 0 Å².